The van der Waals surface area contributed by atoms with Gasteiger partial charge in [-0.1, -0.05) is 45.7 Å². The zero-order valence-corrected chi connectivity index (χ0v) is 22.3. The maximum atomic E-state index is 13.9. The van der Waals surface area contributed by atoms with Crippen LogP contribution in [0.2, 0.25) is 0 Å². The second-order valence-corrected chi connectivity index (χ2v) is 9.93. The summed E-state index contributed by atoms with van der Waals surface area (Å²) in [4.78, 5) is 11.5. The maximum Gasteiger partial charge on any atom is 0.417 e. The Bertz CT molecular complexity index is 1180. The second-order valence-electron chi connectivity index (χ2n) is 9.93. The Balaban J connectivity index is 1.59. The fourth-order valence-electron chi connectivity index (χ4n) is 4.11. The molecule has 0 bridgehead atoms. The standard InChI is InChI=1S/C30H37F3O5/c1-4-5-6-9-21-11-14-25(26(16-21)30(31,32)33)28-17-22-12-13-24(18-27(22)38-28)36-15-8-7-10-23(34)19-37-29(35)20(2)3/h11-14,16-18,20,23,34H,4-10,15,19H2,1-3H3. The van der Waals surface area contributed by atoms with Crippen LogP contribution in [0.1, 0.15) is 70.4 Å². The molecule has 0 aliphatic rings. The maximum absolute atomic E-state index is 13.9. The molecule has 0 fully saturated rings. The van der Waals surface area contributed by atoms with Gasteiger partial charge in [-0.15, -0.1) is 0 Å². The zero-order valence-electron chi connectivity index (χ0n) is 22.3. The van der Waals surface area contributed by atoms with Crippen LogP contribution in [-0.2, 0) is 22.1 Å². The van der Waals surface area contributed by atoms with Gasteiger partial charge in [-0.3, -0.25) is 4.79 Å². The van der Waals surface area contributed by atoms with Crippen molar-refractivity contribution < 1.29 is 37.0 Å². The number of carbonyl (C=O) groups excluding carboxylic acids is 1. The van der Waals surface area contributed by atoms with Gasteiger partial charge in [0.15, 0.2) is 0 Å². The van der Waals surface area contributed by atoms with Crippen LogP contribution in [0.5, 0.6) is 5.75 Å². The van der Waals surface area contributed by atoms with Crippen molar-refractivity contribution in [1.29, 1.82) is 0 Å². The SMILES string of the molecule is CCCCCc1ccc(-c2cc3ccc(OCCCCC(O)COC(=O)C(C)C)cc3o2)c(C(F)(F)F)c1. The van der Waals surface area contributed by atoms with E-state index in [1.165, 1.54) is 12.1 Å². The summed E-state index contributed by atoms with van der Waals surface area (Å²) in [6.45, 7) is 5.91. The number of carbonyl (C=O) groups is 1. The molecule has 0 aliphatic carbocycles. The average Bonchev–Trinajstić information content (AvgIpc) is 3.30. The summed E-state index contributed by atoms with van der Waals surface area (Å²) >= 11 is 0. The van der Waals surface area contributed by atoms with Crippen LogP contribution in [0.15, 0.2) is 46.9 Å². The van der Waals surface area contributed by atoms with Gasteiger partial charge in [0, 0.05) is 17.0 Å². The first-order valence-corrected chi connectivity index (χ1v) is 13.3. The molecule has 1 atom stereocenters. The first-order valence-electron chi connectivity index (χ1n) is 13.3. The number of unbranched alkanes of at least 4 members (excludes halogenated alkanes) is 3. The summed E-state index contributed by atoms with van der Waals surface area (Å²) in [5.41, 5.74) is 0.446. The molecule has 0 saturated heterocycles. The largest absolute Gasteiger partial charge is 0.493 e. The van der Waals surface area contributed by atoms with Gasteiger partial charge in [-0.05, 0) is 61.9 Å². The van der Waals surface area contributed by atoms with Crippen LogP contribution < -0.4 is 4.74 Å². The number of furan rings is 1. The lowest BCUT2D eigenvalue weighted by atomic mass is 9.98. The van der Waals surface area contributed by atoms with Crippen LogP contribution in [-0.4, -0.2) is 30.4 Å². The Morgan fingerprint density at radius 3 is 2.53 bits per heavy atom. The van der Waals surface area contributed by atoms with Gasteiger partial charge in [-0.2, -0.15) is 13.2 Å². The number of hydrogen-bond acceptors (Lipinski definition) is 5. The fraction of sp³-hybridized carbons (Fsp3) is 0.500. The minimum Gasteiger partial charge on any atom is -0.493 e. The van der Waals surface area contributed by atoms with E-state index in [0.717, 1.165) is 19.3 Å². The minimum absolute atomic E-state index is 0.0208. The summed E-state index contributed by atoms with van der Waals surface area (Å²) in [6, 6.07) is 11.3. The number of aryl methyl sites for hydroxylation is 1. The molecule has 0 amide bonds. The molecule has 1 unspecified atom stereocenters. The van der Waals surface area contributed by atoms with Crippen LogP contribution in [0.4, 0.5) is 13.2 Å². The molecule has 5 nitrogen and oxygen atoms in total. The number of benzene rings is 2. The van der Waals surface area contributed by atoms with Gasteiger partial charge >= 0.3 is 12.1 Å². The molecular formula is C30H37F3O5. The third-order valence-corrected chi connectivity index (χ3v) is 6.31. The number of aliphatic hydroxyl groups is 1. The van der Waals surface area contributed by atoms with Gasteiger partial charge < -0.3 is 19.0 Å². The van der Waals surface area contributed by atoms with Gasteiger partial charge in [0.2, 0.25) is 0 Å². The predicted octanol–water partition coefficient (Wildman–Crippen LogP) is 7.96. The molecule has 1 N–H and O–H groups in total. The molecule has 208 valence electrons. The number of fused-ring (bicyclic) bond motifs is 1. The highest BCUT2D eigenvalue weighted by Crippen LogP contribution is 2.40. The van der Waals surface area contributed by atoms with Crippen LogP contribution in [0, 0.1) is 5.92 Å². The van der Waals surface area contributed by atoms with E-state index >= 15 is 0 Å². The average molecular weight is 535 g/mol. The highest BCUT2D eigenvalue weighted by molar-refractivity contribution is 5.84. The number of aliphatic hydroxyl groups excluding tert-OH is 1. The molecule has 2 aromatic carbocycles. The molecule has 0 aliphatic heterocycles. The van der Waals surface area contributed by atoms with Crippen LogP contribution in [0.3, 0.4) is 0 Å². The third-order valence-electron chi connectivity index (χ3n) is 6.31. The van der Waals surface area contributed by atoms with Crippen molar-refractivity contribution in [2.75, 3.05) is 13.2 Å². The molecule has 0 radical (unpaired) electrons. The van der Waals surface area contributed by atoms with Gasteiger partial charge in [-0.25, -0.2) is 0 Å². The van der Waals surface area contributed by atoms with E-state index in [2.05, 4.69) is 6.92 Å². The first-order chi connectivity index (χ1) is 18.1. The lowest BCUT2D eigenvalue weighted by Gasteiger charge is -2.13. The number of hydrogen-bond donors (Lipinski definition) is 1. The molecule has 8 heteroatoms. The van der Waals surface area contributed by atoms with Gasteiger partial charge in [0.1, 0.15) is 23.7 Å². The molecule has 3 aromatic rings. The Labute approximate surface area is 221 Å². The van der Waals surface area contributed by atoms with Crippen LogP contribution >= 0.6 is 0 Å². The van der Waals surface area contributed by atoms with Crippen molar-refractivity contribution in [3.05, 3.63) is 53.6 Å². The van der Waals surface area contributed by atoms with E-state index < -0.39 is 17.8 Å². The lowest BCUT2D eigenvalue weighted by Crippen LogP contribution is -2.21. The summed E-state index contributed by atoms with van der Waals surface area (Å²) < 4.78 is 58.3. The molecule has 3 rings (SSSR count). The molecule has 0 saturated carbocycles. The smallest absolute Gasteiger partial charge is 0.417 e. The summed E-state index contributed by atoms with van der Waals surface area (Å²) in [5.74, 6) is 0.146. The molecule has 1 aromatic heterocycles. The summed E-state index contributed by atoms with van der Waals surface area (Å²) in [5, 5.41) is 10.6. The van der Waals surface area contributed by atoms with Crippen molar-refractivity contribution in [2.24, 2.45) is 5.92 Å². The number of ether oxygens (including phenoxy) is 2. The van der Waals surface area contributed by atoms with E-state index in [1.807, 2.05) is 0 Å². The van der Waals surface area contributed by atoms with E-state index in [0.29, 0.717) is 54.6 Å². The Morgan fingerprint density at radius 1 is 1.03 bits per heavy atom. The Hall–Kier alpha value is -3.00. The molecular weight excluding hydrogens is 497 g/mol. The van der Waals surface area contributed by atoms with Crippen molar-refractivity contribution in [1.82, 2.24) is 0 Å². The second kappa shape index (κ2) is 13.7. The van der Waals surface area contributed by atoms with Crippen LogP contribution in [0.25, 0.3) is 22.3 Å². The molecule has 1 heterocycles. The van der Waals surface area contributed by atoms with Gasteiger partial charge in [0.25, 0.3) is 0 Å². The highest BCUT2D eigenvalue weighted by Gasteiger charge is 2.34. The minimum atomic E-state index is -4.49. The van der Waals surface area contributed by atoms with E-state index in [9.17, 15) is 23.1 Å². The Kier molecular flexibility index (Phi) is 10.6. The monoisotopic (exact) mass is 534 g/mol. The molecule has 0 spiro atoms. The number of halogens is 3. The molecule has 38 heavy (non-hydrogen) atoms. The highest BCUT2D eigenvalue weighted by atomic mass is 19.4. The normalized spacial score (nSPS) is 12.7. The summed E-state index contributed by atoms with van der Waals surface area (Å²) in [6.07, 6.45) is 0.0866. The number of rotatable bonds is 14. The van der Waals surface area contributed by atoms with E-state index in [-0.39, 0.29) is 29.8 Å². The quantitative estimate of drug-likeness (QED) is 0.168. The Morgan fingerprint density at radius 2 is 1.82 bits per heavy atom. The zero-order chi connectivity index (χ0) is 27.7. The predicted molar refractivity (Wildman–Crippen MR) is 141 cm³/mol. The van der Waals surface area contributed by atoms with Crippen molar-refractivity contribution >= 4 is 16.9 Å². The summed E-state index contributed by atoms with van der Waals surface area (Å²) in [7, 11) is 0. The van der Waals surface area contributed by atoms with E-state index in [4.69, 9.17) is 13.9 Å². The third kappa shape index (κ3) is 8.51. The van der Waals surface area contributed by atoms with Gasteiger partial charge in [0.05, 0.1) is 24.2 Å². The van der Waals surface area contributed by atoms with Crippen molar-refractivity contribution in [3.63, 3.8) is 0 Å². The number of esters is 1. The lowest BCUT2D eigenvalue weighted by molar-refractivity contribution is -0.150. The van der Waals surface area contributed by atoms with Crippen molar-refractivity contribution in [2.45, 2.75) is 78.0 Å². The first kappa shape index (κ1) is 29.6. The topological polar surface area (TPSA) is 68.9 Å². The fourth-order valence-corrected chi connectivity index (χ4v) is 4.11. The number of alkyl halides is 3. The van der Waals surface area contributed by atoms with E-state index in [1.54, 1.807) is 44.2 Å². The van der Waals surface area contributed by atoms with Crippen molar-refractivity contribution in [3.8, 4) is 17.1 Å².